The third-order valence-corrected chi connectivity index (χ3v) is 2.44. The molecule has 0 heterocycles. The highest BCUT2D eigenvalue weighted by atomic mass is 16.6. The Morgan fingerprint density at radius 2 is 1.84 bits per heavy atom. The summed E-state index contributed by atoms with van der Waals surface area (Å²) in [6.45, 7) is 0.404. The molecule has 0 bridgehead atoms. The number of methoxy groups -OCH3 is 1. The molecule has 0 radical (unpaired) electrons. The molecule has 0 spiro atoms. The Labute approximate surface area is 108 Å². The third-order valence-electron chi connectivity index (χ3n) is 2.44. The molecule has 0 saturated carbocycles. The van der Waals surface area contributed by atoms with Gasteiger partial charge in [-0.25, -0.2) is 0 Å². The van der Waals surface area contributed by atoms with E-state index in [1.807, 2.05) is 0 Å². The molecule has 0 amide bonds. The second-order valence-electron chi connectivity index (χ2n) is 3.74. The average Bonchev–Trinajstić information content (AvgIpc) is 2.38. The molecule has 1 rings (SSSR count). The first kappa shape index (κ1) is 14.7. The van der Waals surface area contributed by atoms with Gasteiger partial charge in [-0.05, 0) is 12.5 Å². The van der Waals surface area contributed by atoms with Gasteiger partial charge in [0.1, 0.15) is 0 Å². The molecule has 1 aromatic carbocycles. The highest BCUT2D eigenvalue weighted by Gasteiger charge is 2.25. The molecular formula is C11H12N2O6. The molecule has 0 fully saturated rings. The Morgan fingerprint density at radius 1 is 1.21 bits per heavy atom. The molecule has 0 aromatic heterocycles. The molecule has 0 aliphatic carbocycles. The van der Waals surface area contributed by atoms with Crippen molar-refractivity contribution in [2.45, 2.75) is 12.8 Å². The second kappa shape index (κ2) is 6.55. The van der Waals surface area contributed by atoms with E-state index < -0.39 is 21.2 Å². The smallest absolute Gasteiger partial charge is 0.346 e. The van der Waals surface area contributed by atoms with Gasteiger partial charge >= 0.3 is 11.4 Å². The van der Waals surface area contributed by atoms with E-state index in [0.29, 0.717) is 13.0 Å². The lowest BCUT2D eigenvalue weighted by molar-refractivity contribution is -0.422. The minimum atomic E-state index is -0.871. The van der Waals surface area contributed by atoms with Crippen molar-refractivity contribution in [3.8, 4) is 0 Å². The number of carbonyl (C=O) groups excluding carboxylic acids is 1. The van der Waals surface area contributed by atoms with Crippen molar-refractivity contribution < 1.29 is 19.4 Å². The number of nitro groups is 2. The standard InChI is InChI=1S/C11H12N2O6/c1-19-6-2-3-11(14)8-4-5-9(12(15)16)10(7-8)13(17)18/h4-5,7H,2-3,6H2,1H3. The van der Waals surface area contributed by atoms with Gasteiger partial charge in [0.05, 0.1) is 9.85 Å². The quantitative estimate of drug-likeness (QED) is 0.324. The van der Waals surface area contributed by atoms with Crippen molar-refractivity contribution in [2.75, 3.05) is 13.7 Å². The van der Waals surface area contributed by atoms with Gasteiger partial charge in [0.25, 0.3) is 0 Å². The third kappa shape index (κ3) is 3.81. The number of hydrogen-bond acceptors (Lipinski definition) is 6. The number of nitrogens with zero attached hydrogens (tertiary/aromatic N) is 2. The molecule has 0 atom stereocenters. The van der Waals surface area contributed by atoms with Gasteiger partial charge in [-0.3, -0.25) is 25.0 Å². The average molecular weight is 268 g/mol. The van der Waals surface area contributed by atoms with Gasteiger partial charge in [-0.1, -0.05) is 0 Å². The molecule has 19 heavy (non-hydrogen) atoms. The number of hydrogen-bond donors (Lipinski definition) is 0. The Hall–Kier alpha value is -2.35. The van der Waals surface area contributed by atoms with Crippen LogP contribution in [0.1, 0.15) is 23.2 Å². The van der Waals surface area contributed by atoms with Crippen LogP contribution in [-0.4, -0.2) is 29.3 Å². The van der Waals surface area contributed by atoms with Crippen LogP contribution in [-0.2, 0) is 4.74 Å². The van der Waals surface area contributed by atoms with Gasteiger partial charge in [0.15, 0.2) is 5.78 Å². The summed E-state index contributed by atoms with van der Waals surface area (Å²) in [6.07, 6.45) is 0.656. The summed E-state index contributed by atoms with van der Waals surface area (Å²) in [7, 11) is 1.50. The normalized spacial score (nSPS) is 10.2. The SMILES string of the molecule is COCCCC(=O)c1ccc([N+](=O)[O-])c([N+](=O)[O-])c1. The minimum Gasteiger partial charge on any atom is -0.385 e. The molecule has 0 aliphatic heterocycles. The molecule has 0 saturated heterocycles. The highest BCUT2D eigenvalue weighted by Crippen LogP contribution is 2.28. The highest BCUT2D eigenvalue weighted by molar-refractivity contribution is 5.97. The van der Waals surface area contributed by atoms with E-state index in [4.69, 9.17) is 4.74 Å². The van der Waals surface area contributed by atoms with Crippen LogP contribution in [0.15, 0.2) is 18.2 Å². The summed E-state index contributed by atoms with van der Waals surface area (Å²) in [4.78, 5) is 31.4. The zero-order valence-corrected chi connectivity index (χ0v) is 10.2. The number of Topliss-reactive ketones (excluding diaryl/α,β-unsaturated/α-hetero) is 1. The summed E-state index contributed by atoms with van der Waals surface area (Å²) in [5.74, 6) is -0.310. The molecule has 0 aliphatic rings. The molecule has 8 nitrogen and oxygen atoms in total. The van der Waals surface area contributed by atoms with E-state index in [1.165, 1.54) is 13.2 Å². The van der Waals surface area contributed by atoms with Gasteiger partial charge < -0.3 is 4.74 Å². The number of nitro benzene ring substituents is 2. The van der Waals surface area contributed by atoms with E-state index in [2.05, 4.69) is 0 Å². The number of benzene rings is 1. The second-order valence-corrected chi connectivity index (χ2v) is 3.74. The van der Waals surface area contributed by atoms with Crippen molar-refractivity contribution in [1.82, 2.24) is 0 Å². The molecule has 0 N–H and O–H groups in total. The number of ether oxygens (including phenoxy) is 1. The molecule has 102 valence electrons. The van der Waals surface area contributed by atoms with Crippen molar-refractivity contribution >= 4 is 17.2 Å². The van der Waals surface area contributed by atoms with Crippen LogP contribution < -0.4 is 0 Å². The van der Waals surface area contributed by atoms with Crippen LogP contribution in [0.25, 0.3) is 0 Å². The monoisotopic (exact) mass is 268 g/mol. The zero-order valence-electron chi connectivity index (χ0n) is 10.2. The van der Waals surface area contributed by atoms with E-state index >= 15 is 0 Å². The van der Waals surface area contributed by atoms with Crippen LogP contribution in [0, 0.1) is 20.2 Å². The minimum absolute atomic E-state index is 0.0911. The van der Waals surface area contributed by atoms with Gasteiger partial charge in [-0.15, -0.1) is 0 Å². The lowest BCUT2D eigenvalue weighted by atomic mass is 10.1. The summed E-state index contributed by atoms with van der Waals surface area (Å²) in [5, 5.41) is 21.3. The van der Waals surface area contributed by atoms with E-state index in [1.54, 1.807) is 0 Å². The van der Waals surface area contributed by atoms with Gasteiger partial charge in [0, 0.05) is 37.8 Å². The largest absolute Gasteiger partial charge is 0.385 e. The van der Waals surface area contributed by atoms with Crippen LogP contribution >= 0.6 is 0 Å². The summed E-state index contributed by atoms with van der Waals surface area (Å²) >= 11 is 0. The molecule has 1 aromatic rings. The number of carbonyl (C=O) groups is 1. The first-order valence-corrected chi connectivity index (χ1v) is 5.42. The van der Waals surface area contributed by atoms with Gasteiger partial charge in [-0.2, -0.15) is 0 Å². The van der Waals surface area contributed by atoms with Crippen molar-refractivity contribution in [1.29, 1.82) is 0 Å². The Bertz CT molecular complexity index is 514. The van der Waals surface area contributed by atoms with Crippen LogP contribution in [0.3, 0.4) is 0 Å². The molecular weight excluding hydrogens is 256 g/mol. The predicted molar refractivity (Wildman–Crippen MR) is 65.2 cm³/mol. The maximum Gasteiger partial charge on any atom is 0.346 e. The summed E-state index contributed by atoms with van der Waals surface area (Å²) < 4.78 is 4.79. The van der Waals surface area contributed by atoms with Crippen molar-refractivity contribution in [3.05, 3.63) is 44.0 Å². The maximum atomic E-state index is 11.7. The zero-order chi connectivity index (χ0) is 14.4. The fourth-order valence-electron chi connectivity index (χ4n) is 1.52. The van der Waals surface area contributed by atoms with Crippen LogP contribution in [0.2, 0.25) is 0 Å². The Kier molecular flexibility index (Phi) is 5.07. The fraction of sp³-hybridized carbons (Fsp3) is 0.364. The van der Waals surface area contributed by atoms with E-state index in [9.17, 15) is 25.0 Å². The number of rotatable bonds is 7. The Morgan fingerprint density at radius 3 is 2.37 bits per heavy atom. The Balaban J connectivity index is 2.98. The van der Waals surface area contributed by atoms with Crippen LogP contribution in [0.5, 0.6) is 0 Å². The van der Waals surface area contributed by atoms with Crippen molar-refractivity contribution in [3.63, 3.8) is 0 Å². The van der Waals surface area contributed by atoms with Gasteiger partial charge in [0.2, 0.25) is 0 Å². The summed E-state index contributed by atoms with van der Waals surface area (Å²) in [6, 6.07) is 3.13. The number of ketones is 1. The first-order chi connectivity index (χ1) is 8.97. The van der Waals surface area contributed by atoms with Crippen molar-refractivity contribution in [2.24, 2.45) is 0 Å². The molecule has 0 unspecified atom stereocenters. The first-order valence-electron chi connectivity index (χ1n) is 5.42. The maximum absolute atomic E-state index is 11.7. The van der Waals surface area contributed by atoms with Crippen LogP contribution in [0.4, 0.5) is 11.4 Å². The van der Waals surface area contributed by atoms with E-state index in [-0.39, 0.29) is 17.8 Å². The predicted octanol–water partition coefficient (Wildman–Crippen LogP) is 2.11. The lowest BCUT2D eigenvalue weighted by Gasteiger charge is -2.01. The summed E-state index contributed by atoms with van der Waals surface area (Å²) in [5.41, 5.74) is -1.21. The lowest BCUT2D eigenvalue weighted by Crippen LogP contribution is -2.04. The van der Waals surface area contributed by atoms with E-state index in [0.717, 1.165) is 12.1 Å². The topological polar surface area (TPSA) is 113 Å². The fourth-order valence-corrected chi connectivity index (χ4v) is 1.52. The molecule has 8 heteroatoms.